The normalized spacial score (nSPS) is 20.6. The molecule has 0 unspecified atom stereocenters. The number of rotatable bonds is 3. The SMILES string of the molecule is CC(C)C1=C(c2ccc(S(C)(=O)=O)cc2)NC(=CO)S1(C(F)(F)F)C(F)(F)F. The molecule has 28 heavy (non-hydrogen) atoms. The lowest BCUT2D eigenvalue weighted by Gasteiger charge is -2.42. The standard InChI is InChI=1S/C16H17F6NO3S2/c1-9(2)14-13(10-4-6-11(7-5-10)27(3,25)26)23-12(8-24)28(14,15(17,18)19)16(20,21)22/h4-9,23-24H,1-3H3. The van der Waals surface area contributed by atoms with E-state index in [0.29, 0.717) is 0 Å². The number of sulfone groups is 1. The summed E-state index contributed by atoms with van der Waals surface area (Å²) >= 11 is 0. The Hall–Kier alpha value is -1.82. The van der Waals surface area contributed by atoms with Crippen LogP contribution in [0.5, 0.6) is 0 Å². The molecule has 1 aliphatic heterocycles. The number of alkyl halides is 6. The van der Waals surface area contributed by atoms with Crippen LogP contribution >= 0.6 is 10.0 Å². The largest absolute Gasteiger partial charge is 0.513 e. The van der Waals surface area contributed by atoms with Crippen LogP contribution in [-0.2, 0) is 9.84 Å². The zero-order valence-corrected chi connectivity index (χ0v) is 16.4. The van der Waals surface area contributed by atoms with Gasteiger partial charge in [-0.1, -0.05) is 26.0 Å². The molecule has 1 heterocycles. The zero-order chi connectivity index (χ0) is 21.7. The first-order chi connectivity index (χ1) is 12.6. The maximum atomic E-state index is 13.9. The van der Waals surface area contributed by atoms with Gasteiger partial charge in [-0.25, -0.2) is 8.42 Å². The predicted octanol–water partition coefficient (Wildman–Crippen LogP) is 5.22. The van der Waals surface area contributed by atoms with Crippen LogP contribution in [0.1, 0.15) is 19.4 Å². The van der Waals surface area contributed by atoms with Crippen molar-refractivity contribution in [2.45, 2.75) is 29.8 Å². The Morgan fingerprint density at radius 2 is 1.50 bits per heavy atom. The van der Waals surface area contributed by atoms with E-state index in [2.05, 4.69) is 5.32 Å². The van der Waals surface area contributed by atoms with Gasteiger partial charge in [0.2, 0.25) is 0 Å². The summed E-state index contributed by atoms with van der Waals surface area (Å²) in [5.74, 6) is -1.17. The number of aliphatic hydroxyl groups excluding tert-OH is 1. The molecule has 158 valence electrons. The summed E-state index contributed by atoms with van der Waals surface area (Å²) in [5, 5.41) is 9.95. The van der Waals surface area contributed by atoms with Gasteiger partial charge in [-0.05, 0) is 23.6 Å². The number of hydrogen-bond donors (Lipinski definition) is 2. The monoisotopic (exact) mass is 449 g/mol. The number of hydrogen-bond acceptors (Lipinski definition) is 4. The van der Waals surface area contributed by atoms with E-state index in [9.17, 15) is 39.9 Å². The van der Waals surface area contributed by atoms with Crippen molar-refractivity contribution in [1.82, 2.24) is 5.32 Å². The summed E-state index contributed by atoms with van der Waals surface area (Å²) in [6, 6.07) is 4.43. The van der Waals surface area contributed by atoms with Crippen molar-refractivity contribution in [3.05, 3.63) is 46.0 Å². The first-order valence-electron chi connectivity index (χ1n) is 7.71. The van der Waals surface area contributed by atoms with Gasteiger partial charge in [-0.2, -0.15) is 26.3 Å². The molecule has 0 atom stereocenters. The average Bonchev–Trinajstić information content (AvgIpc) is 2.90. The summed E-state index contributed by atoms with van der Waals surface area (Å²) < 4.78 is 106. The highest BCUT2D eigenvalue weighted by Gasteiger charge is 2.73. The quantitative estimate of drug-likeness (QED) is 0.491. The fraction of sp³-hybridized carbons (Fsp3) is 0.375. The van der Waals surface area contributed by atoms with Gasteiger partial charge in [0.15, 0.2) is 9.84 Å². The molecule has 0 amide bonds. The van der Waals surface area contributed by atoms with E-state index in [1.807, 2.05) is 0 Å². The Morgan fingerprint density at radius 3 is 1.82 bits per heavy atom. The van der Waals surface area contributed by atoms with Crippen LogP contribution < -0.4 is 5.32 Å². The van der Waals surface area contributed by atoms with E-state index >= 15 is 0 Å². The highest BCUT2D eigenvalue weighted by atomic mass is 32.3. The highest BCUT2D eigenvalue weighted by Crippen LogP contribution is 2.83. The topological polar surface area (TPSA) is 66.4 Å². The van der Waals surface area contributed by atoms with E-state index in [4.69, 9.17) is 0 Å². The van der Waals surface area contributed by atoms with E-state index in [1.54, 1.807) is 0 Å². The zero-order valence-electron chi connectivity index (χ0n) is 14.8. The minimum atomic E-state index is -5.71. The van der Waals surface area contributed by atoms with Crippen LogP contribution in [0.4, 0.5) is 26.3 Å². The number of halogens is 6. The van der Waals surface area contributed by atoms with Crippen molar-refractivity contribution in [3.8, 4) is 0 Å². The van der Waals surface area contributed by atoms with Gasteiger partial charge in [-0.3, -0.25) is 0 Å². The first kappa shape index (κ1) is 22.5. The van der Waals surface area contributed by atoms with Crippen molar-refractivity contribution in [3.63, 3.8) is 0 Å². The molecule has 0 saturated heterocycles. The van der Waals surface area contributed by atoms with E-state index in [-0.39, 0.29) is 16.7 Å². The van der Waals surface area contributed by atoms with Crippen molar-refractivity contribution in [2.24, 2.45) is 5.92 Å². The van der Waals surface area contributed by atoms with Crippen molar-refractivity contribution >= 4 is 25.6 Å². The van der Waals surface area contributed by atoms with Crippen LogP contribution in [0.25, 0.3) is 5.70 Å². The Balaban J connectivity index is 2.87. The smallest absolute Gasteiger partial charge is 0.442 e. The number of allylic oxidation sites excluding steroid dienone is 1. The third-order valence-electron chi connectivity index (χ3n) is 4.06. The average molecular weight is 449 g/mol. The van der Waals surface area contributed by atoms with Gasteiger partial charge >= 0.3 is 11.0 Å². The Bertz CT molecular complexity index is 915. The van der Waals surface area contributed by atoms with Crippen LogP contribution in [0.2, 0.25) is 0 Å². The summed E-state index contributed by atoms with van der Waals surface area (Å²) in [7, 11) is -9.20. The van der Waals surface area contributed by atoms with Gasteiger partial charge in [-0.15, -0.1) is 0 Å². The lowest BCUT2D eigenvalue weighted by molar-refractivity contribution is -0.0776. The van der Waals surface area contributed by atoms with Crippen molar-refractivity contribution in [2.75, 3.05) is 6.26 Å². The van der Waals surface area contributed by atoms with Gasteiger partial charge < -0.3 is 10.4 Å². The van der Waals surface area contributed by atoms with Gasteiger partial charge in [0.05, 0.1) is 10.6 Å². The summed E-state index contributed by atoms with van der Waals surface area (Å²) in [4.78, 5) is -1.07. The third-order valence-corrected chi connectivity index (χ3v) is 8.78. The lowest BCUT2D eigenvalue weighted by atomic mass is 10.1. The molecule has 0 fully saturated rings. The van der Waals surface area contributed by atoms with E-state index in [0.717, 1.165) is 30.5 Å². The van der Waals surface area contributed by atoms with Crippen molar-refractivity contribution in [1.29, 1.82) is 0 Å². The van der Waals surface area contributed by atoms with Crippen LogP contribution in [0, 0.1) is 5.92 Å². The number of benzene rings is 1. The fourth-order valence-corrected chi connectivity index (χ4v) is 6.72. The van der Waals surface area contributed by atoms with Gasteiger partial charge in [0, 0.05) is 21.2 Å². The first-order valence-corrected chi connectivity index (χ1v) is 11.2. The molecule has 0 spiro atoms. The highest BCUT2D eigenvalue weighted by molar-refractivity contribution is 8.41. The second-order valence-corrected chi connectivity index (χ2v) is 11.4. The number of nitrogens with one attached hydrogen (secondary N) is 1. The summed E-state index contributed by atoms with van der Waals surface area (Å²) in [6.07, 6.45) is 0.723. The van der Waals surface area contributed by atoms with Crippen LogP contribution in [-0.4, -0.2) is 30.8 Å². The molecule has 1 aliphatic rings. The summed E-state index contributed by atoms with van der Waals surface area (Å²) in [6.45, 7) is 2.39. The molecule has 2 rings (SSSR count). The summed E-state index contributed by atoms with van der Waals surface area (Å²) in [5.41, 5.74) is -11.9. The van der Waals surface area contributed by atoms with Gasteiger partial charge in [0.1, 0.15) is 11.3 Å². The second-order valence-electron chi connectivity index (χ2n) is 6.31. The molecule has 2 N–H and O–H groups in total. The molecule has 12 heteroatoms. The minimum absolute atomic E-state index is 0.0571. The molecule has 1 aromatic rings. The number of aliphatic hydroxyl groups is 1. The molecular formula is C16H17F6NO3S2. The Morgan fingerprint density at radius 1 is 1.04 bits per heavy atom. The second kappa shape index (κ2) is 6.90. The maximum Gasteiger partial charge on any atom is 0.442 e. The fourth-order valence-electron chi connectivity index (χ4n) is 3.00. The molecular weight excluding hydrogens is 432 g/mol. The Labute approximate surface area is 159 Å². The predicted molar refractivity (Wildman–Crippen MR) is 94.9 cm³/mol. The van der Waals surface area contributed by atoms with Gasteiger partial charge in [0.25, 0.3) is 0 Å². The molecule has 0 bridgehead atoms. The molecule has 0 saturated carbocycles. The van der Waals surface area contributed by atoms with E-state index < -0.39 is 52.4 Å². The maximum absolute atomic E-state index is 13.9. The Kier molecular flexibility index (Phi) is 5.54. The van der Waals surface area contributed by atoms with E-state index in [1.165, 1.54) is 13.8 Å². The lowest BCUT2D eigenvalue weighted by Crippen LogP contribution is -2.36. The third kappa shape index (κ3) is 3.36. The molecule has 1 aromatic carbocycles. The molecule has 0 aliphatic carbocycles. The molecule has 0 radical (unpaired) electrons. The molecule has 4 nitrogen and oxygen atoms in total. The van der Waals surface area contributed by atoms with Crippen LogP contribution in [0.3, 0.4) is 0 Å². The van der Waals surface area contributed by atoms with Crippen molar-refractivity contribution < 1.29 is 39.9 Å². The molecule has 0 aromatic heterocycles. The van der Waals surface area contributed by atoms with Crippen LogP contribution in [0.15, 0.2) is 45.4 Å². The minimum Gasteiger partial charge on any atom is -0.513 e.